The van der Waals surface area contributed by atoms with Crippen molar-refractivity contribution in [1.82, 2.24) is 9.97 Å². The molecule has 1 unspecified atom stereocenters. The molecular weight excluding hydrogens is 360 g/mol. The summed E-state index contributed by atoms with van der Waals surface area (Å²) < 4.78 is 16.7. The predicted molar refractivity (Wildman–Crippen MR) is 102 cm³/mol. The number of hydrogen-bond acceptors (Lipinski definition) is 6. The van der Waals surface area contributed by atoms with Gasteiger partial charge in [0.25, 0.3) is 0 Å². The fourth-order valence-corrected chi connectivity index (χ4v) is 4.15. The number of halogens is 1. The van der Waals surface area contributed by atoms with E-state index in [0.29, 0.717) is 22.4 Å². The van der Waals surface area contributed by atoms with Crippen LogP contribution in [0.15, 0.2) is 18.5 Å². The third kappa shape index (κ3) is 4.10. The molecule has 1 N–H and O–H groups in total. The molecule has 1 aromatic heterocycles. The van der Waals surface area contributed by atoms with Gasteiger partial charge in [0.15, 0.2) is 0 Å². The van der Waals surface area contributed by atoms with Crippen LogP contribution in [0.1, 0.15) is 19.3 Å². The van der Waals surface area contributed by atoms with Crippen LogP contribution >= 0.6 is 11.6 Å². The maximum Gasteiger partial charge on any atom is 0.139 e. The third-order valence-electron chi connectivity index (χ3n) is 4.66. The van der Waals surface area contributed by atoms with Gasteiger partial charge in [0.05, 0.1) is 34.0 Å². The number of fused-ring (bicyclic) bond motifs is 1. The summed E-state index contributed by atoms with van der Waals surface area (Å²) >= 11 is 6.28. The number of nitrogens with zero attached hydrogens (tertiary/aromatic N) is 3. The van der Waals surface area contributed by atoms with Crippen molar-refractivity contribution >= 4 is 44.7 Å². The van der Waals surface area contributed by atoms with E-state index in [9.17, 15) is 4.21 Å². The summed E-state index contributed by atoms with van der Waals surface area (Å²) in [5.74, 6) is 2.64. The van der Waals surface area contributed by atoms with Crippen molar-refractivity contribution in [1.29, 1.82) is 5.41 Å². The van der Waals surface area contributed by atoms with Crippen molar-refractivity contribution in [2.24, 2.45) is 5.92 Å². The Hall–Kier alpha value is -1.73. The summed E-state index contributed by atoms with van der Waals surface area (Å²) in [6.45, 7) is 1.80. The van der Waals surface area contributed by atoms with E-state index in [4.69, 9.17) is 21.7 Å². The predicted octanol–water partition coefficient (Wildman–Crippen LogP) is 3.25. The normalized spacial score (nSPS) is 16.8. The lowest BCUT2D eigenvalue weighted by Crippen LogP contribution is -2.34. The molecule has 134 valence electrons. The molecule has 1 aliphatic heterocycles. The van der Waals surface area contributed by atoms with Gasteiger partial charge in [-0.25, -0.2) is 9.97 Å². The quantitative estimate of drug-likeness (QED) is 0.614. The van der Waals surface area contributed by atoms with Crippen LogP contribution in [-0.4, -0.2) is 45.7 Å². The molecular formula is C17H21ClN4O2S. The van der Waals surface area contributed by atoms with Crippen LogP contribution in [0, 0.1) is 11.3 Å². The van der Waals surface area contributed by atoms with Crippen molar-refractivity contribution in [3.05, 3.63) is 23.5 Å². The smallest absolute Gasteiger partial charge is 0.139 e. The first-order valence-corrected chi connectivity index (χ1v) is 9.99. The van der Waals surface area contributed by atoms with E-state index in [1.165, 1.54) is 0 Å². The monoisotopic (exact) mass is 380 g/mol. The molecule has 2 aromatic rings. The molecule has 0 amide bonds. The number of piperidine rings is 1. The summed E-state index contributed by atoms with van der Waals surface area (Å²) in [5.41, 5.74) is 1.84. The van der Waals surface area contributed by atoms with Crippen molar-refractivity contribution in [2.45, 2.75) is 19.3 Å². The van der Waals surface area contributed by atoms with Crippen LogP contribution in [0.25, 0.3) is 10.9 Å². The highest BCUT2D eigenvalue weighted by atomic mass is 35.5. The van der Waals surface area contributed by atoms with Crippen molar-refractivity contribution < 1.29 is 8.95 Å². The van der Waals surface area contributed by atoms with Gasteiger partial charge < -0.3 is 9.64 Å². The van der Waals surface area contributed by atoms with Crippen molar-refractivity contribution in [3.63, 3.8) is 0 Å². The number of nitrogens with one attached hydrogen (secondary N) is 1. The van der Waals surface area contributed by atoms with Crippen LogP contribution in [0.4, 0.5) is 5.82 Å². The van der Waals surface area contributed by atoms with E-state index in [-0.39, 0.29) is 0 Å². The Morgan fingerprint density at radius 2 is 2.16 bits per heavy atom. The Balaban J connectivity index is 1.74. The van der Waals surface area contributed by atoms with Crippen LogP contribution in [0.5, 0.6) is 5.75 Å². The molecule has 0 bridgehead atoms. The maximum atomic E-state index is 11.4. The van der Waals surface area contributed by atoms with Crippen LogP contribution in [-0.2, 0) is 10.8 Å². The maximum absolute atomic E-state index is 11.4. The second-order valence-corrected chi connectivity index (χ2v) is 7.94. The van der Waals surface area contributed by atoms with E-state index < -0.39 is 10.8 Å². The number of rotatable bonds is 6. The first-order valence-electron chi connectivity index (χ1n) is 8.23. The van der Waals surface area contributed by atoms with Gasteiger partial charge in [0.2, 0.25) is 0 Å². The number of ether oxygens (including phenoxy) is 1. The fraction of sp³-hybridized carbons (Fsp3) is 0.471. The highest BCUT2D eigenvalue weighted by Gasteiger charge is 2.22. The Kier molecular flexibility index (Phi) is 5.86. The molecule has 0 spiro atoms. The van der Waals surface area contributed by atoms with Crippen LogP contribution in [0.2, 0.25) is 5.02 Å². The van der Waals surface area contributed by atoms with Gasteiger partial charge in [-0.15, -0.1) is 0 Å². The summed E-state index contributed by atoms with van der Waals surface area (Å²) in [6.07, 6.45) is 4.54. The van der Waals surface area contributed by atoms with Gasteiger partial charge >= 0.3 is 0 Å². The number of benzene rings is 1. The second kappa shape index (κ2) is 8.10. The number of anilines is 1. The largest absolute Gasteiger partial charge is 0.495 e. The first kappa shape index (κ1) is 18.1. The summed E-state index contributed by atoms with van der Waals surface area (Å²) in [5, 5.41) is 8.50. The molecule has 2 heterocycles. The van der Waals surface area contributed by atoms with Crippen LogP contribution < -0.4 is 9.64 Å². The third-order valence-corrected chi connectivity index (χ3v) is 5.86. The molecule has 3 rings (SSSR count). The van der Waals surface area contributed by atoms with Gasteiger partial charge in [-0.05, 0) is 31.2 Å². The minimum absolute atomic E-state index is 0.551. The topological polar surface area (TPSA) is 79.2 Å². The molecule has 25 heavy (non-hydrogen) atoms. The van der Waals surface area contributed by atoms with Gasteiger partial charge in [0, 0.05) is 30.3 Å². The minimum atomic E-state index is -1.12. The summed E-state index contributed by atoms with van der Waals surface area (Å²) in [6, 6.07) is 3.70. The molecule has 0 radical (unpaired) electrons. The summed E-state index contributed by atoms with van der Waals surface area (Å²) in [4.78, 5) is 11.1. The lowest BCUT2D eigenvalue weighted by molar-refractivity contribution is 0.396. The fourth-order valence-electron chi connectivity index (χ4n) is 3.23. The Labute approximate surface area is 154 Å². The van der Waals surface area contributed by atoms with Crippen molar-refractivity contribution in [3.8, 4) is 5.75 Å². The average Bonchev–Trinajstić information content (AvgIpc) is 2.65. The van der Waals surface area contributed by atoms with Gasteiger partial charge in [-0.1, -0.05) is 11.6 Å². The molecule has 0 aliphatic carbocycles. The second-order valence-electron chi connectivity index (χ2n) is 6.12. The minimum Gasteiger partial charge on any atom is -0.495 e. The molecule has 1 fully saturated rings. The standard InChI is InChI=1S/C17H21ClN4O2S/c1-24-16-9-15-13(8-14(16)18)17(21-11-20-15)22-5-2-12(3-6-22)4-7-25(23)10-19/h8-12,19H,2-7H2,1H3. The molecule has 1 saturated heterocycles. The zero-order valence-corrected chi connectivity index (χ0v) is 15.6. The van der Waals surface area contributed by atoms with E-state index in [1.807, 2.05) is 12.1 Å². The number of hydrogen-bond donors (Lipinski definition) is 1. The zero-order chi connectivity index (χ0) is 17.8. The van der Waals surface area contributed by atoms with Gasteiger partial charge in [0.1, 0.15) is 17.9 Å². The number of methoxy groups -OCH3 is 1. The first-order chi connectivity index (χ1) is 12.1. The molecule has 1 atom stereocenters. The molecule has 6 nitrogen and oxygen atoms in total. The average molecular weight is 381 g/mol. The van der Waals surface area contributed by atoms with E-state index >= 15 is 0 Å². The lowest BCUT2D eigenvalue weighted by Gasteiger charge is -2.33. The summed E-state index contributed by atoms with van der Waals surface area (Å²) in [7, 11) is 0.472. The Morgan fingerprint density at radius 3 is 2.84 bits per heavy atom. The van der Waals surface area contributed by atoms with E-state index in [2.05, 4.69) is 14.9 Å². The zero-order valence-electron chi connectivity index (χ0n) is 14.1. The van der Waals surface area contributed by atoms with E-state index in [1.54, 1.807) is 13.4 Å². The highest BCUT2D eigenvalue weighted by Crippen LogP contribution is 2.34. The Bertz CT molecular complexity index is 794. The van der Waals surface area contributed by atoms with Crippen LogP contribution in [0.3, 0.4) is 0 Å². The highest BCUT2D eigenvalue weighted by molar-refractivity contribution is 7.98. The molecule has 0 saturated carbocycles. The van der Waals surface area contributed by atoms with E-state index in [0.717, 1.165) is 54.6 Å². The van der Waals surface area contributed by atoms with Crippen molar-refractivity contribution in [2.75, 3.05) is 30.9 Å². The Morgan fingerprint density at radius 1 is 1.40 bits per heavy atom. The molecule has 1 aliphatic rings. The number of aromatic nitrogens is 2. The lowest BCUT2D eigenvalue weighted by atomic mass is 9.94. The molecule has 1 aromatic carbocycles. The van der Waals surface area contributed by atoms with Gasteiger partial charge in [-0.3, -0.25) is 9.62 Å². The molecule has 8 heteroatoms. The SMILES string of the molecule is COc1cc2ncnc(N3CCC(CCS(=O)C=N)CC3)c2cc1Cl. The van der Waals surface area contributed by atoms with Gasteiger partial charge in [-0.2, -0.15) is 0 Å².